The van der Waals surface area contributed by atoms with Crippen molar-refractivity contribution >= 4 is 6.29 Å². The minimum absolute atomic E-state index is 0.137. The normalized spacial score (nSPS) is 12.2. The zero-order chi connectivity index (χ0) is 14.7. The van der Waals surface area contributed by atoms with Crippen LogP contribution >= 0.6 is 0 Å². The molecule has 0 bridgehead atoms. The van der Waals surface area contributed by atoms with Crippen LogP contribution in [0.1, 0.15) is 36.7 Å². The molecule has 1 heterocycles. The zero-order valence-electron chi connectivity index (χ0n) is 11.8. The Kier molecular flexibility index (Phi) is 4.17. The Labute approximate surface area is 117 Å². The summed E-state index contributed by atoms with van der Waals surface area (Å²) >= 11 is 0. The van der Waals surface area contributed by atoms with E-state index in [2.05, 4.69) is 5.10 Å². The summed E-state index contributed by atoms with van der Waals surface area (Å²) in [7, 11) is 1.40. The Balaban J connectivity index is 2.51. The summed E-state index contributed by atoms with van der Waals surface area (Å²) in [5.74, 6) is -0.303. The van der Waals surface area contributed by atoms with Gasteiger partial charge in [-0.3, -0.25) is 9.48 Å². The molecule has 0 amide bonds. The van der Waals surface area contributed by atoms with Gasteiger partial charge in [0.25, 0.3) is 0 Å². The molecule has 20 heavy (non-hydrogen) atoms. The monoisotopic (exact) mass is 276 g/mol. The Hall–Kier alpha value is -2.17. The second-order valence-corrected chi connectivity index (χ2v) is 4.64. The van der Waals surface area contributed by atoms with Crippen LogP contribution in [0.3, 0.4) is 0 Å². The molecule has 1 aromatic carbocycles. The lowest BCUT2D eigenvalue weighted by molar-refractivity contribution is 0.112. The third-order valence-corrected chi connectivity index (χ3v) is 3.35. The fraction of sp³-hybridized carbons (Fsp3) is 0.333. The van der Waals surface area contributed by atoms with E-state index in [1.165, 1.54) is 13.2 Å². The van der Waals surface area contributed by atoms with Crippen LogP contribution in [0.15, 0.2) is 24.4 Å². The number of methoxy groups -OCH3 is 1. The number of halogens is 1. The topological polar surface area (TPSA) is 44.1 Å². The van der Waals surface area contributed by atoms with Crippen LogP contribution in [-0.2, 0) is 0 Å². The van der Waals surface area contributed by atoms with Crippen LogP contribution < -0.4 is 4.74 Å². The Morgan fingerprint density at radius 3 is 2.85 bits per heavy atom. The quantitative estimate of drug-likeness (QED) is 0.785. The Morgan fingerprint density at radius 2 is 2.25 bits per heavy atom. The number of hydrogen-bond donors (Lipinski definition) is 0. The van der Waals surface area contributed by atoms with E-state index in [-0.39, 0.29) is 11.8 Å². The number of hydrogen-bond acceptors (Lipinski definition) is 3. The maximum absolute atomic E-state index is 13.4. The number of nitrogens with zero attached hydrogens (tertiary/aromatic N) is 2. The van der Waals surface area contributed by atoms with E-state index in [4.69, 9.17) is 4.74 Å². The molecule has 0 aliphatic carbocycles. The lowest BCUT2D eigenvalue weighted by Gasteiger charge is -2.08. The minimum atomic E-state index is -0.440. The van der Waals surface area contributed by atoms with Crippen LogP contribution in [0.2, 0.25) is 0 Å². The molecule has 1 atom stereocenters. The first-order valence-corrected chi connectivity index (χ1v) is 6.49. The summed E-state index contributed by atoms with van der Waals surface area (Å²) in [6, 6.07) is 4.65. The maximum Gasteiger partial charge on any atom is 0.165 e. The molecule has 106 valence electrons. The molecule has 0 saturated heterocycles. The average molecular weight is 276 g/mol. The van der Waals surface area contributed by atoms with Crippen molar-refractivity contribution in [3.63, 3.8) is 0 Å². The van der Waals surface area contributed by atoms with E-state index >= 15 is 0 Å². The average Bonchev–Trinajstić information content (AvgIpc) is 2.91. The zero-order valence-corrected chi connectivity index (χ0v) is 11.8. The number of aromatic nitrogens is 2. The molecule has 2 aromatic rings. The number of rotatable bonds is 5. The Bertz CT molecular complexity index is 622. The van der Waals surface area contributed by atoms with E-state index in [9.17, 15) is 9.18 Å². The van der Waals surface area contributed by atoms with Gasteiger partial charge in [-0.25, -0.2) is 4.39 Å². The van der Waals surface area contributed by atoms with E-state index in [1.54, 1.807) is 23.0 Å². The van der Waals surface area contributed by atoms with Gasteiger partial charge in [0, 0.05) is 17.8 Å². The van der Waals surface area contributed by atoms with Gasteiger partial charge in [0.15, 0.2) is 17.9 Å². The third kappa shape index (κ3) is 2.57. The lowest BCUT2D eigenvalue weighted by atomic mass is 10.1. The first-order chi connectivity index (χ1) is 9.60. The van der Waals surface area contributed by atoms with Crippen LogP contribution in [0, 0.1) is 5.82 Å². The highest BCUT2D eigenvalue weighted by atomic mass is 19.1. The highest BCUT2D eigenvalue weighted by Gasteiger charge is 2.15. The van der Waals surface area contributed by atoms with Gasteiger partial charge in [-0.15, -0.1) is 0 Å². The summed E-state index contributed by atoms with van der Waals surface area (Å²) in [5.41, 5.74) is 1.69. The van der Waals surface area contributed by atoms with Crippen molar-refractivity contribution in [3.05, 3.63) is 35.8 Å². The van der Waals surface area contributed by atoms with Gasteiger partial charge in [0.1, 0.15) is 5.69 Å². The van der Waals surface area contributed by atoms with Crippen molar-refractivity contribution in [3.8, 4) is 17.0 Å². The second kappa shape index (κ2) is 5.86. The SMILES string of the molecule is CCC(C)n1cc(C=O)c(-c2ccc(F)c(OC)c2)n1. The van der Waals surface area contributed by atoms with Gasteiger partial charge >= 0.3 is 0 Å². The van der Waals surface area contributed by atoms with Gasteiger partial charge in [0.2, 0.25) is 0 Å². The molecule has 1 unspecified atom stereocenters. The van der Waals surface area contributed by atoms with Gasteiger partial charge in [-0.2, -0.15) is 5.10 Å². The lowest BCUT2D eigenvalue weighted by Crippen LogP contribution is -2.04. The van der Waals surface area contributed by atoms with Crippen LogP contribution in [0.25, 0.3) is 11.3 Å². The molecule has 0 aliphatic rings. The molecule has 0 N–H and O–H groups in total. The Morgan fingerprint density at radius 1 is 1.50 bits per heavy atom. The molecule has 0 radical (unpaired) electrons. The van der Waals surface area contributed by atoms with Crippen molar-refractivity contribution in [2.45, 2.75) is 26.3 Å². The van der Waals surface area contributed by atoms with Crippen molar-refractivity contribution in [1.82, 2.24) is 9.78 Å². The number of benzene rings is 1. The molecule has 2 rings (SSSR count). The molecule has 4 nitrogen and oxygen atoms in total. The minimum Gasteiger partial charge on any atom is -0.494 e. The number of carbonyl (C=O) groups is 1. The van der Waals surface area contributed by atoms with Gasteiger partial charge in [0.05, 0.1) is 12.7 Å². The number of carbonyl (C=O) groups excluding carboxylic acids is 1. The molecule has 1 aromatic heterocycles. The van der Waals surface area contributed by atoms with Crippen molar-refractivity contribution < 1.29 is 13.9 Å². The second-order valence-electron chi connectivity index (χ2n) is 4.64. The predicted octanol–water partition coefficient (Wildman–Crippen LogP) is 3.48. The molecular weight excluding hydrogens is 259 g/mol. The van der Waals surface area contributed by atoms with Crippen LogP contribution in [-0.4, -0.2) is 23.2 Å². The van der Waals surface area contributed by atoms with E-state index in [0.29, 0.717) is 16.8 Å². The maximum atomic E-state index is 13.4. The van der Waals surface area contributed by atoms with E-state index in [1.807, 2.05) is 13.8 Å². The van der Waals surface area contributed by atoms with Crippen LogP contribution in [0.5, 0.6) is 5.75 Å². The fourth-order valence-corrected chi connectivity index (χ4v) is 1.94. The highest BCUT2D eigenvalue weighted by molar-refractivity contribution is 5.85. The summed E-state index contributed by atoms with van der Waals surface area (Å²) in [6.07, 6.45) is 3.38. The fourth-order valence-electron chi connectivity index (χ4n) is 1.94. The number of ether oxygens (including phenoxy) is 1. The van der Waals surface area contributed by atoms with Crippen molar-refractivity contribution in [2.75, 3.05) is 7.11 Å². The van der Waals surface area contributed by atoms with Gasteiger partial charge in [-0.05, 0) is 31.5 Å². The van der Waals surface area contributed by atoms with Crippen molar-refractivity contribution in [2.24, 2.45) is 0 Å². The molecular formula is C15H17FN2O2. The smallest absolute Gasteiger partial charge is 0.165 e. The van der Waals surface area contributed by atoms with Gasteiger partial charge < -0.3 is 4.74 Å². The van der Waals surface area contributed by atoms with Crippen LogP contribution in [0.4, 0.5) is 4.39 Å². The molecule has 0 spiro atoms. The summed E-state index contributed by atoms with van der Waals surface area (Å²) in [4.78, 5) is 11.2. The highest BCUT2D eigenvalue weighted by Crippen LogP contribution is 2.28. The van der Waals surface area contributed by atoms with E-state index < -0.39 is 5.82 Å². The first-order valence-electron chi connectivity index (χ1n) is 6.49. The molecule has 0 saturated carbocycles. The predicted molar refractivity (Wildman–Crippen MR) is 74.6 cm³/mol. The summed E-state index contributed by atoms with van der Waals surface area (Å²) < 4.78 is 20.2. The molecule has 0 fully saturated rings. The first kappa shape index (κ1) is 14.2. The molecule has 5 heteroatoms. The van der Waals surface area contributed by atoms with E-state index in [0.717, 1.165) is 12.7 Å². The van der Waals surface area contributed by atoms with Crippen molar-refractivity contribution in [1.29, 1.82) is 0 Å². The van der Waals surface area contributed by atoms with Gasteiger partial charge in [-0.1, -0.05) is 6.92 Å². The summed E-state index contributed by atoms with van der Waals surface area (Å²) in [6.45, 7) is 4.07. The third-order valence-electron chi connectivity index (χ3n) is 3.35. The molecule has 0 aliphatic heterocycles. The largest absolute Gasteiger partial charge is 0.494 e. The summed E-state index contributed by atoms with van der Waals surface area (Å²) in [5, 5.41) is 4.43. The standard InChI is InChI=1S/C15H17FN2O2/c1-4-10(2)18-8-12(9-19)15(17-18)11-5-6-13(16)14(7-11)20-3/h5-10H,4H2,1-3H3. The number of aldehydes is 1.